The van der Waals surface area contributed by atoms with Crippen molar-refractivity contribution in [3.05, 3.63) is 113 Å². The minimum atomic E-state index is -0.109. The monoisotopic (exact) mass is 419 g/mol. The lowest BCUT2D eigenvalue weighted by molar-refractivity contribution is 0.414. The number of nitrogens with one attached hydrogen (secondary N) is 1. The van der Waals surface area contributed by atoms with Crippen LogP contribution in [0.25, 0.3) is 28.0 Å². The second kappa shape index (κ2) is 8.40. The molecule has 32 heavy (non-hydrogen) atoms. The van der Waals surface area contributed by atoms with E-state index in [4.69, 9.17) is 9.72 Å². The van der Waals surface area contributed by atoms with Crippen LogP contribution in [0.2, 0.25) is 0 Å². The van der Waals surface area contributed by atoms with E-state index >= 15 is 0 Å². The van der Waals surface area contributed by atoms with E-state index in [2.05, 4.69) is 5.32 Å². The van der Waals surface area contributed by atoms with E-state index in [1.165, 1.54) is 0 Å². The van der Waals surface area contributed by atoms with Crippen molar-refractivity contribution in [3.8, 4) is 22.8 Å². The molecule has 0 bridgehead atoms. The lowest BCUT2D eigenvalue weighted by Crippen LogP contribution is -2.21. The molecule has 5 rings (SSSR count). The summed E-state index contributed by atoms with van der Waals surface area (Å²) in [6.07, 6.45) is 0. The molecule has 0 amide bonds. The van der Waals surface area contributed by atoms with Crippen LogP contribution in [0.3, 0.4) is 0 Å². The fourth-order valence-corrected chi connectivity index (χ4v) is 3.69. The first kappa shape index (κ1) is 19.6. The molecular formula is C27H21N3O2. The summed E-state index contributed by atoms with van der Waals surface area (Å²) in [6.45, 7) is 0. The van der Waals surface area contributed by atoms with Gasteiger partial charge in [0.15, 0.2) is 0 Å². The van der Waals surface area contributed by atoms with Gasteiger partial charge in [0.25, 0.3) is 5.56 Å². The first-order chi connectivity index (χ1) is 15.7. The van der Waals surface area contributed by atoms with E-state index < -0.39 is 0 Å². The Balaban J connectivity index is 1.63. The highest BCUT2D eigenvalue weighted by atomic mass is 16.5. The second-order valence-corrected chi connectivity index (χ2v) is 7.36. The Morgan fingerprint density at radius 2 is 1.41 bits per heavy atom. The molecule has 1 N–H and O–H groups in total. The van der Waals surface area contributed by atoms with Crippen LogP contribution in [0, 0.1) is 0 Å². The fourth-order valence-electron chi connectivity index (χ4n) is 3.69. The fraction of sp³-hybridized carbons (Fsp3) is 0.0370. The molecule has 1 aromatic heterocycles. The van der Waals surface area contributed by atoms with E-state index in [0.717, 1.165) is 28.4 Å². The van der Waals surface area contributed by atoms with Gasteiger partial charge < -0.3 is 10.1 Å². The van der Waals surface area contributed by atoms with Gasteiger partial charge in [0.05, 0.1) is 23.7 Å². The van der Waals surface area contributed by atoms with E-state index in [9.17, 15) is 4.79 Å². The molecule has 0 aliphatic heterocycles. The van der Waals surface area contributed by atoms with Gasteiger partial charge in [0, 0.05) is 16.9 Å². The largest absolute Gasteiger partial charge is 0.497 e. The van der Waals surface area contributed by atoms with Crippen LogP contribution in [0.5, 0.6) is 5.75 Å². The van der Waals surface area contributed by atoms with Gasteiger partial charge in [0.1, 0.15) is 11.6 Å². The summed E-state index contributed by atoms with van der Waals surface area (Å²) >= 11 is 0. The molecule has 0 spiro atoms. The van der Waals surface area contributed by atoms with Gasteiger partial charge in [-0.15, -0.1) is 0 Å². The Kier molecular flexibility index (Phi) is 5.14. The SMILES string of the molecule is COc1ccc(-n2c(-c3ccc(Nc4ccccc4)cc3)nc3ccccc3c2=O)cc1. The normalized spacial score (nSPS) is 10.8. The van der Waals surface area contributed by atoms with Gasteiger partial charge in [0.2, 0.25) is 0 Å². The molecule has 0 radical (unpaired) electrons. The number of hydrogen-bond donors (Lipinski definition) is 1. The number of para-hydroxylation sites is 2. The second-order valence-electron chi connectivity index (χ2n) is 7.36. The Bertz CT molecular complexity index is 1420. The molecule has 0 atom stereocenters. The minimum Gasteiger partial charge on any atom is -0.497 e. The number of rotatable bonds is 5. The van der Waals surface area contributed by atoms with Crippen LogP contribution in [-0.4, -0.2) is 16.7 Å². The van der Waals surface area contributed by atoms with Gasteiger partial charge in [-0.05, 0) is 72.8 Å². The third kappa shape index (κ3) is 3.72. The van der Waals surface area contributed by atoms with Crippen molar-refractivity contribution in [1.29, 1.82) is 0 Å². The van der Waals surface area contributed by atoms with E-state index in [0.29, 0.717) is 16.7 Å². The molecule has 0 unspecified atom stereocenters. The molecule has 0 saturated carbocycles. The van der Waals surface area contributed by atoms with Crippen LogP contribution in [0.4, 0.5) is 11.4 Å². The lowest BCUT2D eigenvalue weighted by Gasteiger charge is -2.15. The van der Waals surface area contributed by atoms with Crippen LogP contribution in [-0.2, 0) is 0 Å². The highest BCUT2D eigenvalue weighted by molar-refractivity contribution is 5.80. The average molecular weight is 419 g/mol. The molecule has 0 aliphatic rings. The molecule has 1 heterocycles. The zero-order valence-corrected chi connectivity index (χ0v) is 17.5. The average Bonchev–Trinajstić information content (AvgIpc) is 2.85. The quantitative estimate of drug-likeness (QED) is 0.391. The van der Waals surface area contributed by atoms with E-state index in [1.54, 1.807) is 17.7 Å². The van der Waals surface area contributed by atoms with Crippen molar-refractivity contribution >= 4 is 22.3 Å². The topological polar surface area (TPSA) is 56.1 Å². The smallest absolute Gasteiger partial charge is 0.266 e. The number of benzene rings is 4. The van der Waals surface area contributed by atoms with Crippen molar-refractivity contribution in [1.82, 2.24) is 9.55 Å². The van der Waals surface area contributed by atoms with Crippen LogP contribution < -0.4 is 15.6 Å². The maximum atomic E-state index is 13.5. The van der Waals surface area contributed by atoms with Gasteiger partial charge in [-0.25, -0.2) is 4.98 Å². The summed E-state index contributed by atoms with van der Waals surface area (Å²) in [5, 5.41) is 3.96. The number of aromatic nitrogens is 2. The summed E-state index contributed by atoms with van der Waals surface area (Å²) < 4.78 is 6.93. The van der Waals surface area contributed by atoms with Crippen molar-refractivity contribution < 1.29 is 4.74 Å². The van der Waals surface area contributed by atoms with Gasteiger partial charge >= 0.3 is 0 Å². The standard InChI is InChI=1S/C27H21N3O2/c1-32-23-17-15-22(16-18-23)30-26(29-25-10-6-5-9-24(25)27(30)31)19-11-13-21(14-12-19)28-20-7-3-2-4-8-20/h2-18,28H,1H3. The number of anilines is 2. The highest BCUT2D eigenvalue weighted by Gasteiger charge is 2.14. The maximum absolute atomic E-state index is 13.5. The molecule has 4 aromatic carbocycles. The summed E-state index contributed by atoms with van der Waals surface area (Å²) in [4.78, 5) is 18.3. The first-order valence-corrected chi connectivity index (χ1v) is 10.3. The lowest BCUT2D eigenvalue weighted by atomic mass is 10.1. The van der Waals surface area contributed by atoms with Crippen LogP contribution in [0.15, 0.2) is 108 Å². The van der Waals surface area contributed by atoms with E-state index in [1.807, 2.05) is 97.1 Å². The van der Waals surface area contributed by atoms with Crippen LogP contribution in [0.1, 0.15) is 0 Å². The Labute approximate surface area is 185 Å². The van der Waals surface area contributed by atoms with Crippen molar-refractivity contribution in [2.45, 2.75) is 0 Å². The third-order valence-corrected chi connectivity index (χ3v) is 5.31. The first-order valence-electron chi connectivity index (χ1n) is 10.3. The predicted octanol–water partition coefficient (Wildman–Crippen LogP) is 5.80. The van der Waals surface area contributed by atoms with Crippen molar-refractivity contribution in [3.63, 3.8) is 0 Å². The van der Waals surface area contributed by atoms with Gasteiger partial charge in [-0.1, -0.05) is 30.3 Å². The Morgan fingerprint density at radius 1 is 0.750 bits per heavy atom. The Hall–Kier alpha value is -4.38. The number of methoxy groups -OCH3 is 1. The number of ether oxygens (including phenoxy) is 1. The molecular weight excluding hydrogens is 398 g/mol. The number of fused-ring (bicyclic) bond motifs is 1. The zero-order valence-electron chi connectivity index (χ0n) is 17.5. The molecule has 5 heteroatoms. The van der Waals surface area contributed by atoms with Crippen LogP contribution >= 0.6 is 0 Å². The molecule has 156 valence electrons. The van der Waals surface area contributed by atoms with Gasteiger partial charge in [-0.2, -0.15) is 0 Å². The summed E-state index contributed by atoms with van der Waals surface area (Å²) in [7, 11) is 1.62. The Morgan fingerprint density at radius 3 is 2.12 bits per heavy atom. The molecule has 5 aromatic rings. The molecule has 0 fully saturated rings. The maximum Gasteiger partial charge on any atom is 0.266 e. The number of hydrogen-bond acceptors (Lipinski definition) is 4. The molecule has 0 aliphatic carbocycles. The summed E-state index contributed by atoms with van der Waals surface area (Å²) in [5.41, 5.74) is 4.11. The van der Waals surface area contributed by atoms with E-state index in [-0.39, 0.29) is 5.56 Å². The molecule has 5 nitrogen and oxygen atoms in total. The minimum absolute atomic E-state index is 0.109. The van der Waals surface area contributed by atoms with Crippen molar-refractivity contribution in [2.75, 3.05) is 12.4 Å². The van der Waals surface area contributed by atoms with Crippen molar-refractivity contribution in [2.24, 2.45) is 0 Å². The predicted molar refractivity (Wildman–Crippen MR) is 129 cm³/mol. The summed E-state index contributed by atoms with van der Waals surface area (Å²) in [5.74, 6) is 1.32. The summed E-state index contributed by atoms with van der Waals surface area (Å²) in [6, 6.07) is 32.7. The van der Waals surface area contributed by atoms with Gasteiger partial charge in [-0.3, -0.25) is 9.36 Å². The molecule has 0 saturated heterocycles. The third-order valence-electron chi connectivity index (χ3n) is 5.31. The number of nitrogens with zero attached hydrogens (tertiary/aromatic N) is 2. The highest BCUT2D eigenvalue weighted by Crippen LogP contribution is 2.26. The zero-order chi connectivity index (χ0) is 21.9.